The molecule has 1 unspecified atom stereocenters. The number of unbranched alkanes of at least 4 members (excludes halogenated alkanes) is 1. The van der Waals surface area contributed by atoms with Gasteiger partial charge in [-0.05, 0) is 18.4 Å². The molecule has 0 fully saturated rings. The van der Waals surface area contributed by atoms with Crippen LogP contribution in [-0.2, 0) is 18.3 Å². The van der Waals surface area contributed by atoms with E-state index in [9.17, 15) is 9.59 Å². The second-order valence-corrected chi connectivity index (χ2v) is 4.71. The first-order valence-electron chi connectivity index (χ1n) is 6.77. The Bertz CT molecular complexity index is 445. The van der Waals surface area contributed by atoms with Crippen LogP contribution >= 0.6 is 0 Å². The summed E-state index contributed by atoms with van der Waals surface area (Å²) < 4.78 is 1.70. The van der Waals surface area contributed by atoms with Gasteiger partial charge in [-0.15, -0.1) is 0 Å². The monoisotopic (exact) mass is 282 g/mol. The van der Waals surface area contributed by atoms with Gasteiger partial charge < -0.3 is 15.7 Å². The van der Waals surface area contributed by atoms with Gasteiger partial charge in [-0.3, -0.25) is 4.68 Å². The Labute approximate surface area is 118 Å². The number of carboxylic acids is 1. The molecule has 1 heterocycles. The molecule has 7 heteroatoms. The van der Waals surface area contributed by atoms with Crippen LogP contribution in [0.25, 0.3) is 0 Å². The second-order valence-electron chi connectivity index (χ2n) is 4.71. The van der Waals surface area contributed by atoms with Crippen molar-refractivity contribution in [1.29, 1.82) is 0 Å². The standard InChI is InChI=1S/C13H22N4O3/c1-3-4-5-11(12(18)19)16-13(20)14-7-6-10-8-15-17(2)9-10/h8-9,11H,3-7H2,1-2H3,(H,18,19)(H2,14,16,20). The zero-order chi connectivity index (χ0) is 15.0. The van der Waals surface area contributed by atoms with Gasteiger partial charge in [0.1, 0.15) is 6.04 Å². The number of hydrogen-bond acceptors (Lipinski definition) is 3. The van der Waals surface area contributed by atoms with Crippen molar-refractivity contribution in [2.45, 2.75) is 38.6 Å². The van der Waals surface area contributed by atoms with Gasteiger partial charge in [0.25, 0.3) is 0 Å². The molecule has 20 heavy (non-hydrogen) atoms. The van der Waals surface area contributed by atoms with Crippen LogP contribution in [0.4, 0.5) is 4.79 Å². The lowest BCUT2D eigenvalue weighted by molar-refractivity contribution is -0.139. The third kappa shape index (κ3) is 5.73. The molecule has 0 aliphatic heterocycles. The van der Waals surface area contributed by atoms with Crippen molar-refractivity contribution in [3.05, 3.63) is 18.0 Å². The highest BCUT2D eigenvalue weighted by molar-refractivity contribution is 5.82. The number of nitrogens with zero attached hydrogens (tertiary/aromatic N) is 2. The number of carbonyl (C=O) groups is 2. The Balaban J connectivity index is 2.28. The Kier molecular flexibility index (Phi) is 6.55. The lowest BCUT2D eigenvalue weighted by Crippen LogP contribution is -2.46. The van der Waals surface area contributed by atoms with E-state index in [-0.39, 0.29) is 0 Å². The quantitative estimate of drug-likeness (QED) is 0.660. The normalized spacial score (nSPS) is 11.9. The third-order valence-corrected chi connectivity index (χ3v) is 2.91. The largest absolute Gasteiger partial charge is 0.480 e. The molecule has 0 aromatic carbocycles. The zero-order valence-electron chi connectivity index (χ0n) is 11.9. The fourth-order valence-electron chi connectivity index (χ4n) is 1.80. The first-order chi connectivity index (χ1) is 9.52. The lowest BCUT2D eigenvalue weighted by Gasteiger charge is -2.14. The van der Waals surface area contributed by atoms with Crippen LogP contribution in [0, 0.1) is 0 Å². The molecule has 7 nitrogen and oxygen atoms in total. The predicted molar refractivity (Wildman–Crippen MR) is 74.4 cm³/mol. The Morgan fingerprint density at radius 1 is 1.50 bits per heavy atom. The van der Waals surface area contributed by atoms with E-state index in [0.717, 1.165) is 18.4 Å². The molecule has 1 rings (SSSR count). The molecule has 0 saturated carbocycles. The van der Waals surface area contributed by atoms with Gasteiger partial charge in [-0.1, -0.05) is 19.8 Å². The Morgan fingerprint density at radius 2 is 2.25 bits per heavy atom. The minimum Gasteiger partial charge on any atom is -0.480 e. The molecule has 1 atom stereocenters. The maximum Gasteiger partial charge on any atom is 0.326 e. The fourth-order valence-corrected chi connectivity index (χ4v) is 1.80. The molecule has 3 N–H and O–H groups in total. The van der Waals surface area contributed by atoms with Crippen molar-refractivity contribution in [1.82, 2.24) is 20.4 Å². The average Bonchev–Trinajstić information content (AvgIpc) is 2.80. The van der Waals surface area contributed by atoms with Crippen LogP contribution in [0.15, 0.2) is 12.4 Å². The number of hydrogen-bond donors (Lipinski definition) is 3. The molecule has 1 aromatic rings. The number of carboxylic acid groups (broad SMARTS) is 1. The molecule has 0 spiro atoms. The molecule has 0 saturated heterocycles. The molecule has 0 aliphatic carbocycles. The number of carbonyl (C=O) groups excluding carboxylic acids is 1. The summed E-state index contributed by atoms with van der Waals surface area (Å²) in [5.41, 5.74) is 1.02. The molecule has 0 radical (unpaired) electrons. The summed E-state index contributed by atoms with van der Waals surface area (Å²) in [5, 5.41) is 18.2. The van der Waals surface area contributed by atoms with Gasteiger partial charge in [0, 0.05) is 19.8 Å². The van der Waals surface area contributed by atoms with Gasteiger partial charge in [0.05, 0.1) is 6.20 Å². The zero-order valence-corrected chi connectivity index (χ0v) is 11.9. The van der Waals surface area contributed by atoms with Crippen molar-refractivity contribution >= 4 is 12.0 Å². The van der Waals surface area contributed by atoms with Crippen LogP contribution in [-0.4, -0.2) is 39.5 Å². The smallest absolute Gasteiger partial charge is 0.326 e. The highest BCUT2D eigenvalue weighted by atomic mass is 16.4. The summed E-state index contributed by atoms with van der Waals surface area (Å²) in [4.78, 5) is 22.6. The van der Waals surface area contributed by atoms with Gasteiger partial charge in [-0.2, -0.15) is 5.10 Å². The topological polar surface area (TPSA) is 96.3 Å². The van der Waals surface area contributed by atoms with Gasteiger partial charge in [0.15, 0.2) is 0 Å². The molecule has 1 aromatic heterocycles. The van der Waals surface area contributed by atoms with Crippen molar-refractivity contribution in [3.8, 4) is 0 Å². The summed E-state index contributed by atoms with van der Waals surface area (Å²) in [5.74, 6) is -0.999. The number of aryl methyl sites for hydroxylation is 1. The SMILES string of the molecule is CCCCC(NC(=O)NCCc1cnn(C)c1)C(=O)O. The maximum atomic E-state index is 11.6. The highest BCUT2D eigenvalue weighted by Crippen LogP contribution is 2.01. The first-order valence-corrected chi connectivity index (χ1v) is 6.77. The fraction of sp³-hybridized carbons (Fsp3) is 0.615. The molecule has 0 bridgehead atoms. The highest BCUT2D eigenvalue weighted by Gasteiger charge is 2.18. The molecule has 2 amide bonds. The van der Waals surface area contributed by atoms with E-state index in [1.54, 1.807) is 10.9 Å². The number of urea groups is 1. The first kappa shape index (κ1) is 16.0. The molecule has 112 valence electrons. The van der Waals surface area contributed by atoms with E-state index < -0.39 is 18.0 Å². The van der Waals surface area contributed by atoms with Gasteiger partial charge in [0.2, 0.25) is 0 Å². The summed E-state index contributed by atoms with van der Waals surface area (Å²) in [6.45, 7) is 2.42. The number of amides is 2. The van der Waals surface area contributed by atoms with Crippen LogP contribution in [0.1, 0.15) is 31.7 Å². The van der Waals surface area contributed by atoms with Gasteiger partial charge >= 0.3 is 12.0 Å². The van der Waals surface area contributed by atoms with Crippen LogP contribution in [0.3, 0.4) is 0 Å². The Morgan fingerprint density at radius 3 is 2.80 bits per heavy atom. The molecular formula is C13H22N4O3. The van der Waals surface area contributed by atoms with E-state index in [1.807, 2.05) is 20.2 Å². The predicted octanol–water partition coefficient (Wildman–Crippen LogP) is 0.905. The van der Waals surface area contributed by atoms with Crippen molar-refractivity contribution in [2.24, 2.45) is 7.05 Å². The van der Waals surface area contributed by atoms with E-state index >= 15 is 0 Å². The Hall–Kier alpha value is -2.05. The van der Waals surface area contributed by atoms with E-state index in [2.05, 4.69) is 15.7 Å². The van der Waals surface area contributed by atoms with E-state index in [0.29, 0.717) is 19.4 Å². The lowest BCUT2D eigenvalue weighted by atomic mass is 10.1. The number of aromatic nitrogens is 2. The van der Waals surface area contributed by atoms with Crippen LogP contribution in [0.2, 0.25) is 0 Å². The average molecular weight is 282 g/mol. The summed E-state index contributed by atoms with van der Waals surface area (Å²) in [6.07, 6.45) is 6.39. The van der Waals surface area contributed by atoms with E-state index in [4.69, 9.17) is 5.11 Å². The van der Waals surface area contributed by atoms with Crippen LogP contribution < -0.4 is 10.6 Å². The number of aliphatic carboxylic acids is 1. The molecular weight excluding hydrogens is 260 g/mol. The second kappa shape index (κ2) is 8.19. The van der Waals surface area contributed by atoms with Gasteiger partial charge in [-0.25, -0.2) is 9.59 Å². The maximum absolute atomic E-state index is 11.6. The third-order valence-electron chi connectivity index (χ3n) is 2.91. The molecule has 0 aliphatic rings. The van der Waals surface area contributed by atoms with Crippen molar-refractivity contribution < 1.29 is 14.7 Å². The van der Waals surface area contributed by atoms with Crippen LogP contribution in [0.5, 0.6) is 0 Å². The van der Waals surface area contributed by atoms with Crippen molar-refractivity contribution in [2.75, 3.05) is 6.54 Å². The minimum atomic E-state index is -0.999. The minimum absolute atomic E-state index is 0.442. The number of rotatable bonds is 8. The summed E-state index contributed by atoms with van der Waals surface area (Å²) >= 11 is 0. The van der Waals surface area contributed by atoms with Crippen molar-refractivity contribution in [3.63, 3.8) is 0 Å². The summed E-state index contributed by atoms with van der Waals surface area (Å²) in [7, 11) is 1.83. The number of nitrogens with one attached hydrogen (secondary N) is 2. The van der Waals surface area contributed by atoms with E-state index in [1.165, 1.54) is 0 Å². The summed E-state index contributed by atoms with van der Waals surface area (Å²) in [6, 6.07) is -1.27.